The van der Waals surface area contributed by atoms with Gasteiger partial charge in [0.05, 0.1) is 0 Å². The molecule has 0 radical (unpaired) electrons. The fourth-order valence-corrected chi connectivity index (χ4v) is 4.09. The van der Waals surface area contributed by atoms with Crippen LogP contribution in [0.25, 0.3) is 0 Å². The maximum absolute atomic E-state index is 11.9. The molecule has 0 amide bonds. The Morgan fingerprint density at radius 3 is 3.19 bits per heavy atom. The Labute approximate surface area is 130 Å². The molecule has 1 aliphatic carbocycles. The van der Waals surface area contributed by atoms with Crippen molar-refractivity contribution in [3.05, 3.63) is 18.2 Å². The Hall–Kier alpha value is -1.39. The zero-order valence-electron chi connectivity index (χ0n) is 12.0. The number of hydrogen-bond donors (Lipinski definition) is 1. The number of nitrogens with zero attached hydrogens (tertiary/aromatic N) is 2. The summed E-state index contributed by atoms with van der Waals surface area (Å²) < 4.78 is 14.0. The number of anilines is 1. The molecular weight excluding hydrogens is 333 g/mol. The van der Waals surface area contributed by atoms with E-state index in [4.69, 9.17) is 4.74 Å². The zero-order chi connectivity index (χ0) is 14.7. The molecule has 2 aliphatic rings. The topological polar surface area (TPSA) is 63.0 Å². The average Bonchev–Trinajstić information content (AvgIpc) is 2.97. The molecule has 3 rings (SSSR count). The van der Waals surface area contributed by atoms with Crippen molar-refractivity contribution in [2.24, 2.45) is 13.8 Å². The molecule has 0 aromatic heterocycles. The molecule has 1 N–H and O–H groups in total. The van der Waals surface area contributed by atoms with E-state index < -0.39 is 0 Å². The van der Waals surface area contributed by atoms with Gasteiger partial charge in [0, 0.05) is 0 Å². The minimum atomic E-state index is -0.0506. The van der Waals surface area contributed by atoms with Gasteiger partial charge in [-0.1, -0.05) is 0 Å². The zero-order valence-corrected chi connectivity index (χ0v) is 13.8. The van der Waals surface area contributed by atoms with Crippen LogP contribution in [0.4, 0.5) is 17.1 Å². The van der Waals surface area contributed by atoms with E-state index in [-0.39, 0.29) is 26.5 Å². The number of hydrogen-bond acceptors (Lipinski definition) is 5. The van der Waals surface area contributed by atoms with Gasteiger partial charge in [-0.15, -0.1) is 0 Å². The van der Waals surface area contributed by atoms with Crippen LogP contribution in [0.2, 0.25) is 0 Å². The van der Waals surface area contributed by atoms with Gasteiger partial charge in [0.2, 0.25) is 0 Å². The summed E-state index contributed by atoms with van der Waals surface area (Å²) >= 11 is -0.0137. The number of benzene rings is 1. The molecule has 1 saturated carbocycles. The maximum atomic E-state index is 11.9. The van der Waals surface area contributed by atoms with Crippen LogP contribution in [0.15, 0.2) is 26.1 Å². The van der Waals surface area contributed by atoms with Gasteiger partial charge < -0.3 is 0 Å². The Bertz CT molecular complexity index is 611. The van der Waals surface area contributed by atoms with Gasteiger partial charge in [0.25, 0.3) is 0 Å². The number of rotatable bonds is 4. The van der Waals surface area contributed by atoms with E-state index in [1.165, 1.54) is 0 Å². The van der Waals surface area contributed by atoms with Crippen molar-refractivity contribution in [2.75, 3.05) is 11.9 Å². The van der Waals surface area contributed by atoms with Crippen LogP contribution in [-0.4, -0.2) is 33.2 Å². The van der Waals surface area contributed by atoms with Gasteiger partial charge in [-0.3, -0.25) is 0 Å². The Balaban J connectivity index is 1.67. The molecule has 5 nitrogen and oxygen atoms in total. The Kier molecular flexibility index (Phi) is 4.56. The molecule has 6 heteroatoms. The quantitative estimate of drug-likeness (QED) is 0.676. The van der Waals surface area contributed by atoms with Crippen LogP contribution in [0.3, 0.4) is 0 Å². The van der Waals surface area contributed by atoms with E-state index in [2.05, 4.69) is 13.2 Å². The Morgan fingerprint density at radius 2 is 2.33 bits per heavy atom. The second-order valence-corrected chi connectivity index (χ2v) is 6.50. The van der Waals surface area contributed by atoms with Gasteiger partial charge in [-0.05, 0) is 0 Å². The van der Waals surface area contributed by atoms with E-state index in [0.717, 1.165) is 42.7 Å². The third kappa shape index (κ3) is 3.27. The molecule has 0 spiro atoms. The predicted octanol–water partition coefficient (Wildman–Crippen LogP) is 3.57. The summed E-state index contributed by atoms with van der Waals surface area (Å²) in [6.07, 6.45) is 3.92. The van der Waals surface area contributed by atoms with Crippen molar-refractivity contribution in [3.63, 3.8) is 0 Å². The van der Waals surface area contributed by atoms with Crippen molar-refractivity contribution in [1.82, 2.24) is 0 Å². The molecule has 2 unspecified atom stereocenters. The fourth-order valence-electron chi connectivity index (χ4n) is 2.94. The molecular formula is C15H19N3O2Se. The monoisotopic (exact) mass is 353 g/mol. The predicted molar refractivity (Wildman–Crippen MR) is 82.4 cm³/mol. The first-order valence-electron chi connectivity index (χ1n) is 7.42. The van der Waals surface area contributed by atoms with E-state index >= 15 is 0 Å². The molecule has 0 bridgehead atoms. The summed E-state index contributed by atoms with van der Waals surface area (Å²) in [6, 6.07) is 6.37. The van der Waals surface area contributed by atoms with Crippen LogP contribution < -0.4 is 5.32 Å². The van der Waals surface area contributed by atoms with Crippen molar-refractivity contribution in [3.8, 4) is 0 Å². The molecule has 1 aromatic rings. The van der Waals surface area contributed by atoms with Crippen molar-refractivity contribution in [1.29, 1.82) is 0 Å². The van der Waals surface area contributed by atoms with Gasteiger partial charge in [0.15, 0.2) is 0 Å². The molecule has 2 atom stereocenters. The van der Waals surface area contributed by atoms with E-state index in [1.54, 1.807) is 0 Å². The average molecular weight is 352 g/mol. The summed E-state index contributed by atoms with van der Waals surface area (Å²) in [5.74, 6) is -0.0240. The number of carbonyl (C=O) groups excluding carboxylic acids is 1. The minimum absolute atomic E-state index is 0.0137. The fraction of sp³-hybridized carbons (Fsp3) is 0.533. The first-order valence-corrected chi connectivity index (χ1v) is 8.95. The van der Waals surface area contributed by atoms with Crippen LogP contribution in [-0.2, 0) is 9.53 Å². The second-order valence-electron chi connectivity index (χ2n) is 5.39. The molecule has 1 heterocycles. The third-order valence-electron chi connectivity index (χ3n) is 3.94. The first-order chi connectivity index (χ1) is 10.3. The summed E-state index contributed by atoms with van der Waals surface area (Å²) in [6.45, 7) is 2.32. The molecule has 1 aromatic carbocycles. The van der Waals surface area contributed by atoms with E-state index in [1.807, 2.05) is 25.1 Å². The number of nitrogens with one attached hydrogen (secondary N) is 1. The van der Waals surface area contributed by atoms with Gasteiger partial charge in [-0.2, -0.15) is 0 Å². The second kappa shape index (κ2) is 6.58. The van der Waals surface area contributed by atoms with Crippen LogP contribution in [0.5, 0.6) is 0 Å². The number of esters is 1. The van der Waals surface area contributed by atoms with Gasteiger partial charge >= 0.3 is 130 Å². The number of fused-ring (bicyclic) bond motifs is 1. The Morgan fingerprint density at radius 1 is 1.43 bits per heavy atom. The molecule has 1 aliphatic heterocycles. The van der Waals surface area contributed by atoms with E-state index in [0.29, 0.717) is 12.6 Å². The standard InChI is InChI=1S/C15H19N3O2Se/c1-2-20-15(19)10-5-3-6-11(9-10)16-12-7-4-8-13-14(12)18-21-17-13/h4,7-8,10-11,16H,2-3,5-6,9H2,1H3. The van der Waals surface area contributed by atoms with Crippen LogP contribution in [0, 0.1) is 5.92 Å². The summed E-state index contributed by atoms with van der Waals surface area (Å²) in [7, 11) is 0. The molecule has 21 heavy (non-hydrogen) atoms. The first kappa shape index (κ1) is 14.5. The van der Waals surface area contributed by atoms with Gasteiger partial charge in [-0.25, -0.2) is 0 Å². The number of ether oxygens (including phenoxy) is 1. The summed E-state index contributed by atoms with van der Waals surface area (Å²) in [4.78, 5) is 11.9. The van der Waals surface area contributed by atoms with E-state index in [9.17, 15) is 4.79 Å². The van der Waals surface area contributed by atoms with Gasteiger partial charge in [0.1, 0.15) is 0 Å². The van der Waals surface area contributed by atoms with Crippen molar-refractivity contribution >= 4 is 37.6 Å². The summed E-state index contributed by atoms with van der Waals surface area (Å²) in [5, 5.41) is 3.56. The normalized spacial score (nSPS) is 23.3. The number of carbonyl (C=O) groups is 1. The van der Waals surface area contributed by atoms with Crippen LogP contribution in [0.1, 0.15) is 32.6 Å². The third-order valence-corrected chi connectivity index (χ3v) is 5.08. The summed E-state index contributed by atoms with van der Waals surface area (Å²) in [5.41, 5.74) is 3.01. The molecule has 0 saturated heterocycles. The van der Waals surface area contributed by atoms with Crippen LogP contribution >= 0.6 is 0 Å². The molecule has 1 fully saturated rings. The van der Waals surface area contributed by atoms with Crippen molar-refractivity contribution in [2.45, 2.75) is 38.6 Å². The SMILES string of the molecule is CCOC(=O)C1CCCC(Nc2cccc3c2N=[Se]=N3)C1. The molecule has 112 valence electrons. The van der Waals surface area contributed by atoms with Crippen molar-refractivity contribution < 1.29 is 9.53 Å².